The van der Waals surface area contributed by atoms with Crippen molar-refractivity contribution in [1.29, 1.82) is 0 Å². The fourth-order valence-electron chi connectivity index (χ4n) is 4.56. The first-order valence-electron chi connectivity index (χ1n) is 8.40. The number of hydrogen-bond acceptors (Lipinski definition) is 3. The van der Waals surface area contributed by atoms with Gasteiger partial charge >= 0.3 is 0 Å². The van der Waals surface area contributed by atoms with Gasteiger partial charge in [-0.15, -0.1) is 0 Å². The minimum atomic E-state index is 0.670. The molecule has 3 unspecified atom stereocenters. The molecule has 3 aliphatic rings. The number of nitrogens with one attached hydrogen (secondary N) is 1. The fraction of sp³-hybridized carbons (Fsp3) is 0.812. The maximum Gasteiger partial charge on any atom is 0.0951 e. The van der Waals surface area contributed by atoms with E-state index in [9.17, 15) is 0 Å². The molecule has 0 spiro atoms. The maximum absolute atomic E-state index is 4.50. The van der Waals surface area contributed by atoms with E-state index >= 15 is 0 Å². The molecule has 0 aromatic carbocycles. The van der Waals surface area contributed by atoms with Crippen LogP contribution in [0.2, 0.25) is 0 Å². The summed E-state index contributed by atoms with van der Waals surface area (Å²) in [7, 11) is 0. The second-order valence-corrected chi connectivity index (χ2v) is 6.72. The standard InChI is InChI=1S/C16H26N4/c1-2-8-19-9-6-15(14(19)5-1)20-12-18-11-16(20)13-4-3-7-17-10-13/h11-15,17H,1-10H2. The van der Waals surface area contributed by atoms with Gasteiger partial charge in [-0.05, 0) is 45.2 Å². The van der Waals surface area contributed by atoms with Crippen LogP contribution in [-0.4, -0.2) is 46.7 Å². The van der Waals surface area contributed by atoms with Crippen molar-refractivity contribution in [2.24, 2.45) is 0 Å². The quantitative estimate of drug-likeness (QED) is 0.897. The normalized spacial score (nSPS) is 35.1. The highest BCUT2D eigenvalue weighted by Crippen LogP contribution is 2.37. The Morgan fingerprint density at radius 1 is 1.05 bits per heavy atom. The molecule has 4 heterocycles. The Morgan fingerprint density at radius 2 is 2.05 bits per heavy atom. The Balaban J connectivity index is 1.57. The molecule has 110 valence electrons. The third-order valence-electron chi connectivity index (χ3n) is 5.59. The molecule has 1 N–H and O–H groups in total. The zero-order chi connectivity index (χ0) is 13.4. The minimum absolute atomic E-state index is 0.670. The van der Waals surface area contributed by atoms with Gasteiger partial charge in [-0.1, -0.05) is 6.42 Å². The van der Waals surface area contributed by atoms with E-state index in [0.717, 1.165) is 12.6 Å². The predicted octanol–water partition coefficient (Wildman–Crippen LogP) is 2.15. The van der Waals surface area contributed by atoms with Crippen molar-refractivity contribution < 1.29 is 0 Å². The van der Waals surface area contributed by atoms with Gasteiger partial charge in [-0.3, -0.25) is 4.90 Å². The lowest BCUT2D eigenvalue weighted by atomic mass is 9.94. The summed E-state index contributed by atoms with van der Waals surface area (Å²) in [5.41, 5.74) is 1.48. The van der Waals surface area contributed by atoms with Crippen LogP contribution >= 0.6 is 0 Å². The highest BCUT2D eigenvalue weighted by atomic mass is 15.3. The highest BCUT2D eigenvalue weighted by Gasteiger charge is 2.37. The number of rotatable bonds is 2. The van der Waals surface area contributed by atoms with E-state index in [4.69, 9.17) is 0 Å². The smallest absolute Gasteiger partial charge is 0.0951 e. The van der Waals surface area contributed by atoms with E-state index in [1.165, 1.54) is 63.9 Å². The molecule has 0 saturated carbocycles. The van der Waals surface area contributed by atoms with E-state index in [-0.39, 0.29) is 0 Å². The molecule has 0 radical (unpaired) electrons. The van der Waals surface area contributed by atoms with Crippen molar-refractivity contribution in [1.82, 2.24) is 19.8 Å². The average Bonchev–Trinajstić information content (AvgIpc) is 3.14. The Hall–Kier alpha value is -0.870. The van der Waals surface area contributed by atoms with Crippen LogP contribution < -0.4 is 5.32 Å². The lowest BCUT2D eigenvalue weighted by molar-refractivity contribution is 0.172. The first kappa shape index (κ1) is 12.8. The molecular weight excluding hydrogens is 248 g/mol. The van der Waals surface area contributed by atoms with Crippen molar-refractivity contribution in [3.63, 3.8) is 0 Å². The Labute approximate surface area is 121 Å². The molecule has 3 fully saturated rings. The Kier molecular flexibility index (Phi) is 3.52. The van der Waals surface area contributed by atoms with Gasteiger partial charge in [0, 0.05) is 36.9 Å². The molecule has 20 heavy (non-hydrogen) atoms. The largest absolute Gasteiger partial charge is 0.330 e. The van der Waals surface area contributed by atoms with E-state index in [1.807, 2.05) is 0 Å². The first-order valence-corrected chi connectivity index (χ1v) is 8.40. The number of fused-ring (bicyclic) bond motifs is 1. The van der Waals surface area contributed by atoms with Gasteiger partial charge in [-0.2, -0.15) is 0 Å². The Morgan fingerprint density at radius 3 is 2.95 bits per heavy atom. The van der Waals surface area contributed by atoms with Crippen LogP contribution in [0.3, 0.4) is 0 Å². The molecule has 0 bridgehead atoms. The van der Waals surface area contributed by atoms with Crippen molar-refractivity contribution in [2.45, 2.75) is 56.5 Å². The lowest BCUT2D eigenvalue weighted by Crippen LogP contribution is -2.38. The summed E-state index contributed by atoms with van der Waals surface area (Å²) in [4.78, 5) is 7.22. The summed E-state index contributed by atoms with van der Waals surface area (Å²) in [6.07, 6.45) is 12.4. The van der Waals surface area contributed by atoms with Crippen LogP contribution in [0, 0.1) is 0 Å². The number of hydrogen-bond donors (Lipinski definition) is 1. The zero-order valence-electron chi connectivity index (χ0n) is 12.3. The Bertz CT molecular complexity index is 449. The molecule has 1 aromatic heterocycles. The zero-order valence-corrected chi connectivity index (χ0v) is 12.3. The average molecular weight is 274 g/mol. The predicted molar refractivity (Wildman–Crippen MR) is 79.9 cm³/mol. The van der Waals surface area contributed by atoms with Crippen molar-refractivity contribution in [2.75, 3.05) is 26.2 Å². The van der Waals surface area contributed by atoms with E-state index < -0.39 is 0 Å². The number of aromatic nitrogens is 2. The summed E-state index contributed by atoms with van der Waals surface area (Å²) < 4.78 is 2.54. The van der Waals surface area contributed by atoms with E-state index in [1.54, 1.807) is 0 Å². The van der Waals surface area contributed by atoms with Crippen LogP contribution in [0.5, 0.6) is 0 Å². The monoisotopic (exact) mass is 274 g/mol. The van der Waals surface area contributed by atoms with Gasteiger partial charge in [0.2, 0.25) is 0 Å². The van der Waals surface area contributed by atoms with Gasteiger partial charge in [-0.25, -0.2) is 4.98 Å². The number of piperidine rings is 2. The lowest BCUT2D eigenvalue weighted by Gasteiger charge is -2.34. The highest BCUT2D eigenvalue weighted by molar-refractivity contribution is 5.12. The van der Waals surface area contributed by atoms with Crippen molar-refractivity contribution in [3.8, 4) is 0 Å². The molecule has 4 heteroatoms. The first-order chi connectivity index (χ1) is 9.93. The van der Waals surface area contributed by atoms with E-state index in [2.05, 4.69) is 32.3 Å². The summed E-state index contributed by atoms with van der Waals surface area (Å²) >= 11 is 0. The second kappa shape index (κ2) is 5.49. The molecule has 1 aromatic rings. The summed E-state index contributed by atoms with van der Waals surface area (Å²) in [6, 6.07) is 1.45. The van der Waals surface area contributed by atoms with Crippen LogP contribution in [0.1, 0.15) is 56.2 Å². The maximum atomic E-state index is 4.50. The molecule has 3 aliphatic heterocycles. The van der Waals surface area contributed by atoms with Gasteiger partial charge in [0.05, 0.1) is 12.4 Å². The summed E-state index contributed by atoms with van der Waals surface area (Å²) in [6.45, 7) is 4.92. The summed E-state index contributed by atoms with van der Waals surface area (Å²) in [5, 5.41) is 3.55. The van der Waals surface area contributed by atoms with Gasteiger partial charge in [0.25, 0.3) is 0 Å². The van der Waals surface area contributed by atoms with Crippen LogP contribution in [0.15, 0.2) is 12.5 Å². The van der Waals surface area contributed by atoms with Crippen LogP contribution in [0.4, 0.5) is 0 Å². The molecule has 0 amide bonds. The summed E-state index contributed by atoms with van der Waals surface area (Å²) in [5.74, 6) is 0.670. The molecule has 3 atom stereocenters. The van der Waals surface area contributed by atoms with Crippen LogP contribution in [-0.2, 0) is 0 Å². The molecule has 4 rings (SSSR count). The third kappa shape index (κ3) is 2.19. The number of imidazole rings is 1. The van der Waals surface area contributed by atoms with Gasteiger partial charge < -0.3 is 9.88 Å². The SMILES string of the molecule is c1ncn(C2CCN3CCCCC23)c1C1CCCNC1. The fourth-order valence-corrected chi connectivity index (χ4v) is 4.56. The molecular formula is C16H26N4. The minimum Gasteiger partial charge on any atom is -0.330 e. The van der Waals surface area contributed by atoms with E-state index in [0.29, 0.717) is 12.0 Å². The van der Waals surface area contributed by atoms with Crippen molar-refractivity contribution in [3.05, 3.63) is 18.2 Å². The molecule has 0 aliphatic carbocycles. The second-order valence-electron chi connectivity index (χ2n) is 6.72. The van der Waals surface area contributed by atoms with Crippen LogP contribution in [0.25, 0.3) is 0 Å². The van der Waals surface area contributed by atoms with Gasteiger partial charge in [0.15, 0.2) is 0 Å². The topological polar surface area (TPSA) is 33.1 Å². The van der Waals surface area contributed by atoms with Crippen molar-refractivity contribution >= 4 is 0 Å². The molecule has 3 saturated heterocycles. The van der Waals surface area contributed by atoms with Gasteiger partial charge in [0.1, 0.15) is 0 Å². The molecule has 4 nitrogen and oxygen atoms in total. The third-order valence-corrected chi connectivity index (χ3v) is 5.59. The number of nitrogens with zero attached hydrogens (tertiary/aromatic N) is 3.